The lowest BCUT2D eigenvalue weighted by molar-refractivity contribution is -0.144. The molecule has 0 radical (unpaired) electrons. The van der Waals surface area contributed by atoms with E-state index in [9.17, 15) is 19.5 Å². The summed E-state index contributed by atoms with van der Waals surface area (Å²) in [7, 11) is 0. The van der Waals surface area contributed by atoms with Gasteiger partial charge in [-0.15, -0.1) is 11.8 Å². The smallest absolute Gasteiger partial charge is 0.244 e. The fraction of sp³-hybridized carbons (Fsp3) is 0.516. The van der Waals surface area contributed by atoms with Crippen LogP contribution in [0.3, 0.4) is 0 Å². The number of fused-ring (bicyclic) bond motifs is 1. The third kappa shape index (κ3) is 4.76. The molecule has 8 heteroatoms. The van der Waals surface area contributed by atoms with Crippen LogP contribution in [0.15, 0.2) is 60.7 Å². The van der Waals surface area contributed by atoms with Gasteiger partial charge in [0.05, 0.1) is 29.2 Å². The predicted octanol–water partition coefficient (Wildman–Crippen LogP) is 3.51. The van der Waals surface area contributed by atoms with Crippen LogP contribution in [0, 0.1) is 17.8 Å². The maximum atomic E-state index is 14.4. The maximum Gasteiger partial charge on any atom is 0.244 e. The Morgan fingerprint density at radius 2 is 1.56 bits per heavy atom. The van der Waals surface area contributed by atoms with Crippen molar-refractivity contribution in [3.63, 3.8) is 0 Å². The molecule has 39 heavy (non-hydrogen) atoms. The number of hydrogen-bond donors (Lipinski definition) is 3. The molecule has 7 nitrogen and oxygen atoms in total. The van der Waals surface area contributed by atoms with Gasteiger partial charge in [-0.2, -0.15) is 0 Å². The first kappa shape index (κ1) is 27.7. The Labute approximate surface area is 235 Å². The number of carbonyl (C=O) groups is 3. The van der Waals surface area contributed by atoms with Crippen LogP contribution < -0.4 is 10.6 Å². The average molecular weight is 550 g/mol. The second kappa shape index (κ2) is 11.0. The molecule has 208 valence electrons. The molecule has 0 aromatic heterocycles. The first-order chi connectivity index (χ1) is 18.8. The molecule has 3 fully saturated rings. The number of benzene rings is 2. The van der Waals surface area contributed by atoms with E-state index in [1.54, 1.807) is 16.7 Å². The van der Waals surface area contributed by atoms with E-state index in [4.69, 9.17) is 0 Å². The van der Waals surface area contributed by atoms with E-state index >= 15 is 0 Å². The highest BCUT2D eigenvalue weighted by atomic mass is 32.2. The summed E-state index contributed by atoms with van der Waals surface area (Å²) in [6, 6.07) is 18.2. The molecule has 1 spiro atoms. The van der Waals surface area contributed by atoms with Crippen LogP contribution in [0.5, 0.6) is 0 Å². The van der Waals surface area contributed by atoms with Gasteiger partial charge in [0.25, 0.3) is 0 Å². The number of rotatable bonds is 10. The number of likely N-dealkylation sites (tertiary alicyclic amines) is 1. The summed E-state index contributed by atoms with van der Waals surface area (Å²) in [4.78, 5) is 43.8. The second-order valence-electron chi connectivity index (χ2n) is 11.5. The molecule has 3 amide bonds. The van der Waals surface area contributed by atoms with Crippen molar-refractivity contribution in [1.29, 1.82) is 0 Å². The normalized spacial score (nSPS) is 30.6. The maximum absolute atomic E-state index is 14.4. The number of carbonyl (C=O) groups excluding carboxylic acids is 3. The predicted molar refractivity (Wildman–Crippen MR) is 152 cm³/mol. The zero-order valence-electron chi connectivity index (χ0n) is 22.9. The van der Waals surface area contributed by atoms with Crippen molar-refractivity contribution in [3.8, 4) is 0 Å². The molecule has 3 heterocycles. The Morgan fingerprint density at radius 3 is 2.10 bits per heavy atom. The molecule has 3 aliphatic heterocycles. The largest absolute Gasteiger partial charge is 0.394 e. The number of nitrogens with zero attached hydrogens (tertiary/aromatic N) is 1. The summed E-state index contributed by atoms with van der Waals surface area (Å²) >= 11 is 1.66. The molecular weight excluding hydrogens is 510 g/mol. The number of nitrogens with one attached hydrogen (secondary N) is 2. The standard InChI is InChI=1S/C31H39N3O4S/c1-4-20(2)23(19-35)34-26(28(37)33-18-22-13-9-6-10-14-22)31-16-15-30(3,39-31)24(25(31)29(34)38)27(36)32-17-21-11-7-5-8-12-21/h5-14,20,23-26,35H,4,15-19H2,1-3H3,(H,32,36)(H,33,37)/t20-,23-,24+,25-,26?,30-,31?/m0/s1. The van der Waals surface area contributed by atoms with Crippen molar-refractivity contribution >= 4 is 29.5 Å². The Balaban J connectivity index is 1.47. The van der Waals surface area contributed by atoms with E-state index in [0.29, 0.717) is 19.5 Å². The highest BCUT2D eigenvalue weighted by Crippen LogP contribution is 2.71. The van der Waals surface area contributed by atoms with Gasteiger partial charge in [-0.25, -0.2) is 0 Å². The zero-order chi connectivity index (χ0) is 27.8. The Hall–Kier alpha value is -2.84. The third-order valence-corrected chi connectivity index (χ3v) is 11.2. The molecule has 0 aliphatic carbocycles. The van der Waals surface area contributed by atoms with Gasteiger partial charge in [-0.3, -0.25) is 14.4 Å². The van der Waals surface area contributed by atoms with Crippen molar-refractivity contribution in [2.75, 3.05) is 6.61 Å². The number of thioether (sulfide) groups is 1. The Kier molecular flexibility index (Phi) is 7.80. The van der Waals surface area contributed by atoms with E-state index in [1.165, 1.54) is 0 Å². The van der Waals surface area contributed by atoms with Crippen LogP contribution in [0.2, 0.25) is 0 Å². The van der Waals surface area contributed by atoms with Gasteiger partial charge in [-0.1, -0.05) is 80.9 Å². The molecular formula is C31H39N3O4S. The first-order valence-electron chi connectivity index (χ1n) is 14.0. The van der Waals surface area contributed by atoms with Crippen molar-refractivity contribution in [1.82, 2.24) is 15.5 Å². The molecule has 2 bridgehead atoms. The van der Waals surface area contributed by atoms with Gasteiger partial charge in [-0.05, 0) is 36.8 Å². The molecule has 3 aliphatic rings. The van der Waals surface area contributed by atoms with E-state index in [-0.39, 0.29) is 30.2 Å². The summed E-state index contributed by atoms with van der Waals surface area (Å²) in [5.41, 5.74) is 1.97. The van der Waals surface area contributed by atoms with Gasteiger partial charge >= 0.3 is 0 Å². The summed E-state index contributed by atoms with van der Waals surface area (Å²) in [6.07, 6.45) is 2.21. The van der Waals surface area contributed by atoms with Crippen molar-refractivity contribution < 1.29 is 19.5 Å². The minimum absolute atomic E-state index is 0.00161. The van der Waals surface area contributed by atoms with Crippen LogP contribution in [-0.4, -0.2) is 55.9 Å². The van der Waals surface area contributed by atoms with Crippen LogP contribution >= 0.6 is 11.8 Å². The van der Waals surface area contributed by atoms with Gasteiger partial charge in [0.1, 0.15) is 6.04 Å². The third-order valence-electron chi connectivity index (χ3n) is 9.21. The molecule has 7 atom stereocenters. The van der Waals surface area contributed by atoms with Crippen molar-refractivity contribution in [3.05, 3.63) is 71.8 Å². The van der Waals surface area contributed by atoms with Gasteiger partial charge < -0.3 is 20.6 Å². The number of hydrogen-bond acceptors (Lipinski definition) is 5. The van der Waals surface area contributed by atoms with Crippen molar-refractivity contribution in [2.24, 2.45) is 17.8 Å². The molecule has 2 aromatic rings. The molecule has 5 rings (SSSR count). The summed E-state index contributed by atoms with van der Waals surface area (Å²) in [5, 5.41) is 16.7. The van der Waals surface area contributed by atoms with E-state index in [0.717, 1.165) is 24.0 Å². The Bertz CT molecular complexity index is 1210. The highest BCUT2D eigenvalue weighted by Gasteiger charge is 2.77. The molecule has 2 unspecified atom stereocenters. The highest BCUT2D eigenvalue weighted by molar-refractivity contribution is 8.02. The monoisotopic (exact) mass is 549 g/mol. The second-order valence-corrected chi connectivity index (χ2v) is 13.4. The molecule has 0 saturated carbocycles. The van der Waals surface area contributed by atoms with E-state index in [1.807, 2.05) is 74.5 Å². The molecule has 3 N–H and O–H groups in total. The topological polar surface area (TPSA) is 98.7 Å². The number of aliphatic hydroxyl groups is 1. The summed E-state index contributed by atoms with van der Waals surface area (Å²) in [6.45, 7) is 6.63. The average Bonchev–Trinajstić information content (AvgIpc) is 3.52. The number of amides is 3. The number of aliphatic hydroxyl groups excluding tert-OH is 1. The van der Waals surface area contributed by atoms with Crippen molar-refractivity contribution in [2.45, 2.75) is 74.7 Å². The van der Waals surface area contributed by atoms with Crippen LogP contribution in [0.25, 0.3) is 0 Å². The Morgan fingerprint density at radius 1 is 1.00 bits per heavy atom. The summed E-state index contributed by atoms with van der Waals surface area (Å²) in [5.74, 6) is -1.67. The first-order valence-corrected chi connectivity index (χ1v) is 14.8. The fourth-order valence-corrected chi connectivity index (χ4v) is 9.36. The van der Waals surface area contributed by atoms with Crippen LogP contribution in [0.1, 0.15) is 51.2 Å². The lowest BCUT2D eigenvalue weighted by Gasteiger charge is -2.39. The van der Waals surface area contributed by atoms with Gasteiger partial charge in [0, 0.05) is 17.8 Å². The van der Waals surface area contributed by atoms with E-state index < -0.39 is 33.4 Å². The minimum atomic E-state index is -0.747. The van der Waals surface area contributed by atoms with Gasteiger partial charge in [0.2, 0.25) is 17.7 Å². The van der Waals surface area contributed by atoms with E-state index in [2.05, 4.69) is 17.6 Å². The minimum Gasteiger partial charge on any atom is -0.394 e. The van der Waals surface area contributed by atoms with Crippen LogP contribution in [-0.2, 0) is 27.5 Å². The SMILES string of the molecule is CC[C@H](C)[C@H](CO)N1C(=O)[C@@H]2[C@H](C(=O)NCc3ccccc3)[C@]3(C)CCC2(S3)C1C(=O)NCc1ccccc1. The fourth-order valence-electron chi connectivity index (χ4n) is 7.01. The van der Waals surface area contributed by atoms with Gasteiger partial charge in [0.15, 0.2) is 0 Å². The quantitative estimate of drug-likeness (QED) is 0.421. The summed E-state index contributed by atoms with van der Waals surface area (Å²) < 4.78 is -1.14. The molecule has 3 saturated heterocycles. The zero-order valence-corrected chi connectivity index (χ0v) is 23.7. The van der Waals surface area contributed by atoms with Crippen LogP contribution in [0.4, 0.5) is 0 Å². The lowest BCUT2D eigenvalue weighted by Crippen LogP contribution is -2.57. The molecule has 2 aromatic carbocycles. The lowest BCUT2D eigenvalue weighted by atomic mass is 9.66.